The van der Waals surface area contributed by atoms with Gasteiger partial charge in [-0.3, -0.25) is 4.79 Å². The number of hydrogen-bond acceptors (Lipinski definition) is 2. The van der Waals surface area contributed by atoms with Crippen molar-refractivity contribution in [2.45, 2.75) is 66.2 Å². The molecular formula is C14H28O2. The summed E-state index contributed by atoms with van der Waals surface area (Å²) in [7, 11) is 1.49. The van der Waals surface area contributed by atoms with Crippen LogP contribution in [0, 0.1) is 11.3 Å². The molecule has 0 aromatic heterocycles. The lowest BCUT2D eigenvalue weighted by atomic mass is 9.71. The van der Waals surface area contributed by atoms with E-state index >= 15 is 0 Å². The maximum atomic E-state index is 11.7. The minimum Gasteiger partial charge on any atom is -0.469 e. The van der Waals surface area contributed by atoms with Crippen molar-refractivity contribution >= 4 is 5.97 Å². The second-order valence-electron chi connectivity index (χ2n) is 5.11. The van der Waals surface area contributed by atoms with Crippen LogP contribution in [0.25, 0.3) is 0 Å². The maximum absolute atomic E-state index is 11.7. The van der Waals surface area contributed by atoms with Crippen LogP contribution in [0.4, 0.5) is 0 Å². The molecule has 0 aliphatic carbocycles. The van der Waals surface area contributed by atoms with Crippen LogP contribution in [0.2, 0.25) is 0 Å². The predicted octanol–water partition coefficient (Wildman–Crippen LogP) is 4.18. The van der Waals surface area contributed by atoms with E-state index in [1.165, 1.54) is 32.8 Å². The molecule has 0 rings (SSSR count). The SMILES string of the molecule is CCCCC(C)(CCCC)C(C)C(=O)OC. The molecule has 96 valence electrons. The molecule has 0 heterocycles. The molecule has 0 aliphatic heterocycles. The van der Waals surface area contributed by atoms with E-state index in [9.17, 15) is 4.79 Å². The fraction of sp³-hybridized carbons (Fsp3) is 0.929. The first-order valence-corrected chi connectivity index (χ1v) is 6.59. The molecule has 0 bridgehead atoms. The Balaban J connectivity index is 4.54. The number of carbonyl (C=O) groups is 1. The summed E-state index contributed by atoms with van der Waals surface area (Å²) in [5, 5.41) is 0. The highest BCUT2D eigenvalue weighted by molar-refractivity contribution is 5.72. The van der Waals surface area contributed by atoms with Gasteiger partial charge in [0.25, 0.3) is 0 Å². The Bertz CT molecular complexity index is 191. The Morgan fingerprint density at radius 2 is 1.62 bits per heavy atom. The summed E-state index contributed by atoms with van der Waals surface area (Å²) in [6.07, 6.45) is 7.02. The van der Waals surface area contributed by atoms with Crippen LogP contribution < -0.4 is 0 Å². The summed E-state index contributed by atoms with van der Waals surface area (Å²) in [5.74, 6) is -0.0506. The minimum absolute atomic E-state index is 0.00981. The van der Waals surface area contributed by atoms with Crippen LogP contribution in [0.1, 0.15) is 66.2 Å². The second-order valence-corrected chi connectivity index (χ2v) is 5.11. The van der Waals surface area contributed by atoms with Gasteiger partial charge >= 0.3 is 5.97 Å². The molecule has 0 fully saturated rings. The van der Waals surface area contributed by atoms with Gasteiger partial charge in [-0.2, -0.15) is 0 Å². The molecule has 0 radical (unpaired) electrons. The summed E-state index contributed by atoms with van der Waals surface area (Å²) < 4.78 is 4.88. The van der Waals surface area contributed by atoms with Crippen LogP contribution in [0.3, 0.4) is 0 Å². The monoisotopic (exact) mass is 228 g/mol. The van der Waals surface area contributed by atoms with Gasteiger partial charge in [-0.25, -0.2) is 0 Å². The molecular weight excluding hydrogens is 200 g/mol. The van der Waals surface area contributed by atoms with Crippen molar-refractivity contribution in [1.29, 1.82) is 0 Å². The molecule has 0 saturated carbocycles. The number of rotatable bonds is 8. The zero-order valence-corrected chi connectivity index (χ0v) is 11.6. The Hall–Kier alpha value is -0.530. The minimum atomic E-state index is -0.0605. The van der Waals surface area contributed by atoms with Gasteiger partial charge in [0.2, 0.25) is 0 Å². The first-order chi connectivity index (χ1) is 7.51. The molecule has 0 saturated heterocycles. The molecule has 16 heavy (non-hydrogen) atoms. The van der Waals surface area contributed by atoms with Gasteiger partial charge in [0.1, 0.15) is 0 Å². The highest BCUT2D eigenvalue weighted by atomic mass is 16.5. The molecule has 2 heteroatoms. The zero-order valence-electron chi connectivity index (χ0n) is 11.6. The van der Waals surface area contributed by atoms with Gasteiger partial charge in [-0.1, -0.05) is 53.4 Å². The van der Waals surface area contributed by atoms with E-state index in [-0.39, 0.29) is 17.3 Å². The van der Waals surface area contributed by atoms with Crippen molar-refractivity contribution in [3.05, 3.63) is 0 Å². The van der Waals surface area contributed by atoms with E-state index in [0.29, 0.717) is 0 Å². The molecule has 0 aromatic rings. The Kier molecular flexibility index (Phi) is 7.44. The van der Waals surface area contributed by atoms with Crippen molar-refractivity contribution < 1.29 is 9.53 Å². The van der Waals surface area contributed by atoms with Crippen molar-refractivity contribution in [3.8, 4) is 0 Å². The molecule has 0 N–H and O–H groups in total. The lowest BCUT2D eigenvalue weighted by molar-refractivity contribution is -0.149. The van der Waals surface area contributed by atoms with Gasteiger partial charge in [-0.15, -0.1) is 0 Å². The fourth-order valence-electron chi connectivity index (χ4n) is 2.18. The average molecular weight is 228 g/mol. The third kappa shape index (κ3) is 4.54. The summed E-state index contributed by atoms with van der Waals surface area (Å²) in [4.78, 5) is 11.7. The van der Waals surface area contributed by atoms with E-state index in [2.05, 4.69) is 20.8 Å². The number of esters is 1. The standard InChI is InChI=1S/C14H28O2/c1-6-8-10-14(4,11-9-7-2)12(3)13(15)16-5/h12H,6-11H2,1-5H3. The first kappa shape index (κ1) is 15.5. The normalized spacial score (nSPS) is 13.6. The number of hydrogen-bond donors (Lipinski definition) is 0. The zero-order chi connectivity index (χ0) is 12.6. The fourth-order valence-corrected chi connectivity index (χ4v) is 2.18. The second kappa shape index (κ2) is 7.70. The summed E-state index contributed by atoms with van der Waals surface area (Å²) in [6.45, 7) is 8.64. The van der Waals surface area contributed by atoms with Crippen molar-refractivity contribution in [1.82, 2.24) is 0 Å². The lowest BCUT2D eigenvalue weighted by Gasteiger charge is -2.34. The van der Waals surface area contributed by atoms with Gasteiger partial charge in [-0.05, 0) is 18.3 Å². The van der Waals surface area contributed by atoms with Crippen LogP contribution in [0.5, 0.6) is 0 Å². The van der Waals surface area contributed by atoms with Crippen LogP contribution >= 0.6 is 0 Å². The summed E-state index contributed by atoms with van der Waals surface area (Å²) in [6, 6.07) is 0. The quantitative estimate of drug-likeness (QED) is 0.582. The number of carbonyl (C=O) groups excluding carboxylic acids is 1. The molecule has 1 atom stereocenters. The van der Waals surface area contributed by atoms with Gasteiger partial charge in [0.05, 0.1) is 13.0 Å². The molecule has 0 aromatic carbocycles. The van der Waals surface area contributed by atoms with E-state index in [1.54, 1.807) is 0 Å². The van der Waals surface area contributed by atoms with Crippen molar-refractivity contribution in [2.75, 3.05) is 7.11 Å². The summed E-state index contributed by atoms with van der Waals surface area (Å²) in [5.41, 5.74) is 0.110. The molecule has 2 nitrogen and oxygen atoms in total. The Labute approximate surface area is 101 Å². The average Bonchev–Trinajstić information content (AvgIpc) is 2.31. The Morgan fingerprint density at radius 1 is 1.19 bits per heavy atom. The number of methoxy groups -OCH3 is 1. The highest BCUT2D eigenvalue weighted by Crippen LogP contribution is 2.38. The maximum Gasteiger partial charge on any atom is 0.308 e. The van der Waals surface area contributed by atoms with Crippen molar-refractivity contribution in [3.63, 3.8) is 0 Å². The first-order valence-electron chi connectivity index (χ1n) is 6.59. The molecule has 0 spiro atoms. The highest BCUT2D eigenvalue weighted by Gasteiger charge is 2.35. The Morgan fingerprint density at radius 3 is 1.94 bits per heavy atom. The number of ether oxygens (including phenoxy) is 1. The molecule has 1 unspecified atom stereocenters. The topological polar surface area (TPSA) is 26.3 Å². The van der Waals surface area contributed by atoms with Gasteiger partial charge in [0, 0.05) is 0 Å². The van der Waals surface area contributed by atoms with Crippen LogP contribution in [0.15, 0.2) is 0 Å². The van der Waals surface area contributed by atoms with E-state index in [1.807, 2.05) is 6.92 Å². The lowest BCUT2D eigenvalue weighted by Crippen LogP contribution is -2.32. The van der Waals surface area contributed by atoms with Crippen LogP contribution in [-0.4, -0.2) is 13.1 Å². The smallest absolute Gasteiger partial charge is 0.308 e. The van der Waals surface area contributed by atoms with Gasteiger partial charge in [0.15, 0.2) is 0 Å². The third-order valence-corrected chi connectivity index (χ3v) is 3.80. The molecule has 0 amide bonds. The third-order valence-electron chi connectivity index (χ3n) is 3.80. The van der Waals surface area contributed by atoms with E-state index in [0.717, 1.165) is 12.8 Å². The van der Waals surface area contributed by atoms with Crippen molar-refractivity contribution in [2.24, 2.45) is 11.3 Å². The predicted molar refractivity (Wildman–Crippen MR) is 68.3 cm³/mol. The van der Waals surface area contributed by atoms with Crippen LogP contribution in [-0.2, 0) is 9.53 Å². The largest absolute Gasteiger partial charge is 0.469 e. The van der Waals surface area contributed by atoms with Gasteiger partial charge < -0.3 is 4.74 Å². The number of unbranched alkanes of at least 4 members (excludes halogenated alkanes) is 2. The molecule has 0 aliphatic rings. The van der Waals surface area contributed by atoms with E-state index in [4.69, 9.17) is 4.74 Å². The summed E-state index contributed by atoms with van der Waals surface area (Å²) >= 11 is 0. The van der Waals surface area contributed by atoms with E-state index < -0.39 is 0 Å².